The van der Waals surface area contributed by atoms with Crippen molar-refractivity contribution < 1.29 is 9.53 Å². The Morgan fingerprint density at radius 3 is 2.60 bits per heavy atom. The van der Waals surface area contributed by atoms with Gasteiger partial charge in [-0.15, -0.1) is 0 Å². The Hall–Kier alpha value is -2.63. The van der Waals surface area contributed by atoms with Crippen LogP contribution < -0.4 is 11.2 Å². The van der Waals surface area contributed by atoms with Gasteiger partial charge in [-0.25, -0.2) is 4.79 Å². The number of aromatic amines is 1. The first-order valence-electron chi connectivity index (χ1n) is 6.03. The molecule has 0 fully saturated rings. The van der Waals surface area contributed by atoms with E-state index in [2.05, 4.69) is 9.72 Å². The average Bonchev–Trinajstić information content (AvgIpc) is 2.45. The predicted octanol–water partition coefficient (Wildman–Crippen LogP) is 0.300. The first-order valence-corrected chi connectivity index (χ1v) is 6.03. The molecule has 104 valence electrons. The zero-order valence-electron chi connectivity index (χ0n) is 11.0. The number of ether oxygens (including phenoxy) is 1. The lowest BCUT2D eigenvalue weighted by Gasteiger charge is -2.06. The molecule has 0 radical (unpaired) electrons. The van der Waals surface area contributed by atoms with E-state index >= 15 is 0 Å². The number of rotatable bonds is 4. The van der Waals surface area contributed by atoms with Gasteiger partial charge < -0.3 is 4.74 Å². The van der Waals surface area contributed by atoms with E-state index < -0.39 is 17.2 Å². The van der Waals surface area contributed by atoms with Crippen molar-refractivity contribution in [1.29, 1.82) is 0 Å². The summed E-state index contributed by atoms with van der Waals surface area (Å²) in [4.78, 5) is 36.8. The minimum atomic E-state index is -0.628. The van der Waals surface area contributed by atoms with E-state index in [0.29, 0.717) is 12.0 Å². The molecule has 0 aliphatic carbocycles. The van der Waals surface area contributed by atoms with Crippen LogP contribution >= 0.6 is 0 Å². The van der Waals surface area contributed by atoms with Gasteiger partial charge in [0.05, 0.1) is 7.11 Å². The van der Waals surface area contributed by atoms with E-state index in [4.69, 9.17) is 0 Å². The zero-order chi connectivity index (χ0) is 14.5. The number of carbonyl (C=O) groups excluding carboxylic acids is 1. The van der Waals surface area contributed by atoms with Gasteiger partial charge in [0.25, 0.3) is 5.56 Å². The van der Waals surface area contributed by atoms with E-state index in [9.17, 15) is 14.4 Å². The van der Waals surface area contributed by atoms with Gasteiger partial charge in [-0.3, -0.25) is 19.1 Å². The minimum absolute atomic E-state index is 0.228. The summed E-state index contributed by atoms with van der Waals surface area (Å²) in [5.41, 5.74) is 0.290. The van der Waals surface area contributed by atoms with Crippen LogP contribution in [0, 0.1) is 0 Å². The lowest BCUT2D eigenvalue weighted by atomic mass is 10.1. The van der Waals surface area contributed by atoms with Gasteiger partial charge in [-0.05, 0) is 5.56 Å². The predicted molar refractivity (Wildman–Crippen MR) is 72.6 cm³/mol. The van der Waals surface area contributed by atoms with Crippen molar-refractivity contribution in [3.05, 3.63) is 68.5 Å². The lowest BCUT2D eigenvalue weighted by Crippen LogP contribution is -2.33. The van der Waals surface area contributed by atoms with E-state index in [1.807, 2.05) is 30.3 Å². The second-order valence-electron chi connectivity index (χ2n) is 4.28. The maximum Gasteiger partial charge on any atom is 0.328 e. The number of hydrogen-bond donors (Lipinski definition) is 1. The second kappa shape index (κ2) is 6.01. The molecule has 0 aliphatic rings. The number of benzene rings is 1. The number of esters is 1. The molecule has 0 saturated carbocycles. The smallest absolute Gasteiger partial charge is 0.328 e. The van der Waals surface area contributed by atoms with Crippen LogP contribution in [0.5, 0.6) is 0 Å². The molecule has 0 spiro atoms. The highest BCUT2D eigenvalue weighted by molar-refractivity contribution is 5.68. The monoisotopic (exact) mass is 274 g/mol. The van der Waals surface area contributed by atoms with Crippen molar-refractivity contribution in [2.24, 2.45) is 0 Å². The van der Waals surface area contributed by atoms with Crippen LogP contribution in [0.3, 0.4) is 0 Å². The molecule has 0 atom stereocenters. The van der Waals surface area contributed by atoms with Crippen molar-refractivity contribution in [1.82, 2.24) is 9.55 Å². The van der Waals surface area contributed by atoms with E-state index in [1.54, 1.807) is 0 Å². The average molecular weight is 274 g/mol. The Morgan fingerprint density at radius 2 is 1.95 bits per heavy atom. The van der Waals surface area contributed by atoms with Crippen molar-refractivity contribution in [2.45, 2.75) is 13.0 Å². The summed E-state index contributed by atoms with van der Waals surface area (Å²) in [7, 11) is 1.24. The standard InChI is InChI=1S/C14H14N2O4/c1-20-12(17)9-16-8-11(13(18)15-14(16)19)7-10-5-3-2-4-6-10/h2-6,8H,7,9H2,1H3,(H,15,18,19). The Labute approximate surface area is 114 Å². The fourth-order valence-electron chi connectivity index (χ4n) is 1.82. The Morgan fingerprint density at radius 1 is 1.25 bits per heavy atom. The lowest BCUT2D eigenvalue weighted by molar-refractivity contribution is -0.141. The van der Waals surface area contributed by atoms with Crippen LogP contribution in [0.15, 0.2) is 46.1 Å². The maximum atomic E-state index is 11.8. The molecular weight excluding hydrogens is 260 g/mol. The van der Waals surface area contributed by atoms with Crippen molar-refractivity contribution in [3.63, 3.8) is 0 Å². The van der Waals surface area contributed by atoms with Gasteiger partial charge in [-0.2, -0.15) is 0 Å². The molecule has 2 aromatic rings. The highest BCUT2D eigenvalue weighted by Gasteiger charge is 2.09. The maximum absolute atomic E-state index is 11.8. The van der Waals surface area contributed by atoms with Crippen LogP contribution in [0.25, 0.3) is 0 Å². The number of methoxy groups -OCH3 is 1. The van der Waals surface area contributed by atoms with Gasteiger partial charge in [-0.1, -0.05) is 30.3 Å². The Balaban J connectivity index is 2.34. The van der Waals surface area contributed by atoms with E-state index in [1.165, 1.54) is 13.3 Å². The van der Waals surface area contributed by atoms with Gasteiger partial charge in [0.1, 0.15) is 6.54 Å². The van der Waals surface area contributed by atoms with Crippen LogP contribution in [0.1, 0.15) is 11.1 Å². The highest BCUT2D eigenvalue weighted by atomic mass is 16.5. The summed E-state index contributed by atoms with van der Waals surface area (Å²) in [6.07, 6.45) is 1.78. The fourth-order valence-corrected chi connectivity index (χ4v) is 1.82. The third-order valence-electron chi connectivity index (χ3n) is 2.85. The summed E-state index contributed by atoms with van der Waals surface area (Å²) in [5, 5.41) is 0. The topological polar surface area (TPSA) is 81.2 Å². The third kappa shape index (κ3) is 3.23. The van der Waals surface area contributed by atoms with Gasteiger partial charge in [0.2, 0.25) is 0 Å². The number of carbonyl (C=O) groups is 1. The third-order valence-corrected chi connectivity index (χ3v) is 2.85. The first-order chi connectivity index (χ1) is 9.60. The summed E-state index contributed by atoms with van der Waals surface area (Å²) in [6, 6.07) is 9.39. The summed E-state index contributed by atoms with van der Waals surface area (Å²) in [6.45, 7) is -0.228. The molecule has 0 unspecified atom stereocenters. The molecule has 2 rings (SSSR count). The van der Waals surface area contributed by atoms with Gasteiger partial charge in [0, 0.05) is 18.2 Å². The largest absolute Gasteiger partial charge is 0.468 e. The molecular formula is C14H14N2O4. The second-order valence-corrected chi connectivity index (χ2v) is 4.28. The molecule has 1 heterocycles. The van der Waals surface area contributed by atoms with Gasteiger partial charge in [0.15, 0.2) is 0 Å². The van der Waals surface area contributed by atoms with E-state index in [-0.39, 0.29) is 6.54 Å². The van der Waals surface area contributed by atoms with Crippen LogP contribution in [0.4, 0.5) is 0 Å². The van der Waals surface area contributed by atoms with Crippen LogP contribution in [0.2, 0.25) is 0 Å². The van der Waals surface area contributed by atoms with Crippen LogP contribution in [-0.2, 0) is 22.5 Å². The van der Waals surface area contributed by atoms with Crippen LogP contribution in [-0.4, -0.2) is 22.6 Å². The first kappa shape index (κ1) is 13.8. The molecule has 20 heavy (non-hydrogen) atoms. The number of hydrogen-bond acceptors (Lipinski definition) is 4. The molecule has 1 aromatic heterocycles. The SMILES string of the molecule is COC(=O)Cn1cc(Cc2ccccc2)c(=O)[nH]c1=O. The Kier molecular flexibility index (Phi) is 4.14. The summed E-state index contributed by atoms with van der Waals surface area (Å²) in [5.74, 6) is -0.551. The molecule has 0 aliphatic heterocycles. The number of H-pyrrole nitrogens is 1. The minimum Gasteiger partial charge on any atom is -0.468 e. The molecule has 0 saturated heterocycles. The summed E-state index contributed by atoms with van der Waals surface area (Å²) >= 11 is 0. The molecule has 1 N–H and O–H groups in total. The molecule has 0 bridgehead atoms. The zero-order valence-corrected chi connectivity index (χ0v) is 11.0. The number of nitrogens with zero attached hydrogens (tertiary/aromatic N) is 1. The van der Waals surface area contributed by atoms with E-state index in [0.717, 1.165) is 10.1 Å². The Bertz CT molecular complexity index is 716. The molecule has 6 nitrogen and oxygen atoms in total. The number of aromatic nitrogens is 2. The van der Waals surface area contributed by atoms with Crippen molar-refractivity contribution in [2.75, 3.05) is 7.11 Å². The quantitative estimate of drug-likeness (QED) is 0.813. The fraction of sp³-hybridized carbons (Fsp3) is 0.214. The van der Waals surface area contributed by atoms with Gasteiger partial charge >= 0.3 is 11.7 Å². The normalized spacial score (nSPS) is 10.2. The molecule has 6 heteroatoms. The molecule has 0 amide bonds. The van der Waals surface area contributed by atoms with Crippen molar-refractivity contribution in [3.8, 4) is 0 Å². The van der Waals surface area contributed by atoms with Crippen molar-refractivity contribution >= 4 is 5.97 Å². The number of nitrogens with one attached hydrogen (secondary N) is 1. The molecule has 1 aromatic carbocycles. The summed E-state index contributed by atoms with van der Waals surface area (Å²) < 4.78 is 5.64. The highest BCUT2D eigenvalue weighted by Crippen LogP contribution is 2.04.